The highest BCUT2D eigenvalue weighted by molar-refractivity contribution is 7.96. The number of anilines is 2. The molecule has 5 heteroatoms. The van der Waals surface area contributed by atoms with Crippen molar-refractivity contribution in [3.8, 4) is 0 Å². The van der Waals surface area contributed by atoms with Crippen molar-refractivity contribution in [2.24, 2.45) is 4.99 Å². The first-order chi connectivity index (χ1) is 11.7. The smallest absolute Gasteiger partial charge is 0.152 e. The average Bonchev–Trinajstić information content (AvgIpc) is 2.61. The molecule has 2 rings (SSSR count). The topological polar surface area (TPSA) is 39.7 Å². The summed E-state index contributed by atoms with van der Waals surface area (Å²) in [4.78, 5) is 6.73. The van der Waals surface area contributed by atoms with Gasteiger partial charge in [0.2, 0.25) is 0 Å². The third kappa shape index (κ3) is 6.06. The molecule has 0 bridgehead atoms. The standard InChI is InChI=1S/C15H20N4S.C4H10/c1-4-9-16-15-12(2)18-13-7-5-6-8-14(13)19(15)11-10-17-20-3;1-3-4-2/h4-9,17-18H,1,10-11H2,2-3H3;3-4H2,1-2H3/b16-9-;. The highest BCUT2D eigenvalue weighted by atomic mass is 32.2. The van der Waals surface area contributed by atoms with Crippen LogP contribution in [0.2, 0.25) is 0 Å². The van der Waals surface area contributed by atoms with Gasteiger partial charge in [0.1, 0.15) is 0 Å². The number of nitrogens with zero attached hydrogens (tertiary/aromatic N) is 2. The van der Waals surface area contributed by atoms with E-state index in [1.807, 2.05) is 25.3 Å². The Morgan fingerprint density at radius 3 is 2.62 bits per heavy atom. The molecule has 1 aromatic rings. The fourth-order valence-corrected chi connectivity index (χ4v) is 2.46. The second-order valence-corrected chi connectivity index (χ2v) is 6.05. The number of aliphatic imine (C=N–C) groups is 1. The van der Waals surface area contributed by atoms with Crippen LogP contribution < -0.4 is 14.9 Å². The maximum absolute atomic E-state index is 4.51. The Morgan fingerprint density at radius 2 is 2.00 bits per heavy atom. The monoisotopic (exact) mass is 346 g/mol. The number of allylic oxidation sites excluding steroid dienone is 2. The molecule has 0 saturated carbocycles. The Morgan fingerprint density at radius 1 is 1.29 bits per heavy atom. The molecule has 2 N–H and O–H groups in total. The lowest BCUT2D eigenvalue weighted by atomic mass is 10.2. The van der Waals surface area contributed by atoms with Crippen molar-refractivity contribution in [2.45, 2.75) is 33.6 Å². The summed E-state index contributed by atoms with van der Waals surface area (Å²) in [5, 5.41) is 3.40. The molecule has 24 heavy (non-hydrogen) atoms. The molecule has 0 aliphatic carbocycles. The van der Waals surface area contributed by atoms with Crippen LogP contribution in [-0.4, -0.2) is 25.6 Å². The van der Waals surface area contributed by atoms with Crippen LogP contribution in [-0.2, 0) is 0 Å². The highest BCUT2D eigenvalue weighted by Gasteiger charge is 2.21. The van der Waals surface area contributed by atoms with Gasteiger partial charge in [-0.05, 0) is 25.3 Å². The maximum atomic E-state index is 4.51. The number of rotatable bonds is 7. The summed E-state index contributed by atoms with van der Waals surface area (Å²) in [6.07, 6.45) is 8.09. The Balaban J connectivity index is 0.000000648. The molecule has 0 spiro atoms. The van der Waals surface area contributed by atoms with Crippen molar-refractivity contribution < 1.29 is 0 Å². The molecule has 1 aliphatic heterocycles. The Labute approximate surface area is 151 Å². The van der Waals surface area contributed by atoms with E-state index in [1.54, 1.807) is 24.2 Å². The lowest BCUT2D eigenvalue weighted by molar-refractivity contribution is 0.826. The zero-order valence-corrected chi connectivity index (χ0v) is 16.1. The Bertz CT molecular complexity index is 564. The minimum Gasteiger partial charge on any atom is -0.354 e. The van der Waals surface area contributed by atoms with E-state index in [0.717, 1.165) is 36.0 Å². The third-order valence-electron chi connectivity index (χ3n) is 3.49. The van der Waals surface area contributed by atoms with Gasteiger partial charge < -0.3 is 10.2 Å². The van der Waals surface area contributed by atoms with Crippen LogP contribution in [0.15, 0.2) is 53.4 Å². The van der Waals surface area contributed by atoms with E-state index in [-0.39, 0.29) is 0 Å². The van der Waals surface area contributed by atoms with Crippen LogP contribution in [0.25, 0.3) is 0 Å². The van der Waals surface area contributed by atoms with Crippen molar-refractivity contribution in [3.63, 3.8) is 0 Å². The Hall–Kier alpha value is -1.72. The van der Waals surface area contributed by atoms with Crippen LogP contribution in [0, 0.1) is 0 Å². The highest BCUT2D eigenvalue weighted by Crippen LogP contribution is 2.35. The first kappa shape index (κ1) is 20.3. The van der Waals surface area contributed by atoms with Crippen molar-refractivity contribution in [3.05, 3.63) is 48.4 Å². The second-order valence-electron chi connectivity index (χ2n) is 5.35. The lowest BCUT2D eigenvalue weighted by Crippen LogP contribution is -2.33. The summed E-state index contributed by atoms with van der Waals surface area (Å²) in [6, 6.07) is 8.28. The number of para-hydroxylation sites is 2. The molecule has 0 radical (unpaired) electrons. The molecular formula is C19H30N4S. The van der Waals surface area contributed by atoms with Gasteiger partial charge in [-0.15, -0.1) is 0 Å². The number of fused-ring (bicyclic) bond motifs is 1. The van der Waals surface area contributed by atoms with Gasteiger partial charge in [-0.3, -0.25) is 4.72 Å². The van der Waals surface area contributed by atoms with Crippen LogP contribution in [0.3, 0.4) is 0 Å². The lowest BCUT2D eigenvalue weighted by Gasteiger charge is -2.33. The molecule has 0 amide bonds. The minimum atomic E-state index is 0.862. The van der Waals surface area contributed by atoms with Gasteiger partial charge in [0.15, 0.2) is 5.82 Å². The van der Waals surface area contributed by atoms with Crippen LogP contribution >= 0.6 is 11.9 Å². The quantitative estimate of drug-likeness (QED) is 0.412. The third-order valence-corrected chi connectivity index (χ3v) is 3.98. The van der Waals surface area contributed by atoms with Crippen LogP contribution in [0.1, 0.15) is 33.6 Å². The summed E-state index contributed by atoms with van der Waals surface area (Å²) >= 11 is 1.63. The number of nitrogens with one attached hydrogen (secondary N) is 2. The predicted molar refractivity (Wildman–Crippen MR) is 111 cm³/mol. The van der Waals surface area contributed by atoms with Crippen molar-refractivity contribution in [1.82, 2.24) is 4.72 Å². The molecule has 1 heterocycles. The van der Waals surface area contributed by atoms with Gasteiger partial charge in [0, 0.05) is 19.3 Å². The number of benzene rings is 1. The first-order valence-electron chi connectivity index (χ1n) is 8.44. The zero-order chi connectivity index (χ0) is 17.8. The molecule has 1 aliphatic rings. The summed E-state index contributed by atoms with van der Waals surface area (Å²) in [5.74, 6) is 0.937. The Kier molecular flexibility index (Phi) is 9.96. The fourth-order valence-electron chi connectivity index (χ4n) is 2.16. The van der Waals surface area contributed by atoms with Gasteiger partial charge >= 0.3 is 0 Å². The first-order valence-corrected chi connectivity index (χ1v) is 9.67. The van der Waals surface area contributed by atoms with Crippen molar-refractivity contribution >= 4 is 29.5 Å². The predicted octanol–water partition coefficient (Wildman–Crippen LogP) is 5.04. The SMILES string of the molecule is C=C/C=N\C1=C(C)Nc2ccccc2N1CCNSC.CCCC. The van der Waals surface area contributed by atoms with Gasteiger partial charge in [-0.2, -0.15) is 0 Å². The van der Waals surface area contributed by atoms with Gasteiger partial charge in [-0.25, -0.2) is 4.99 Å². The van der Waals surface area contributed by atoms with E-state index < -0.39 is 0 Å². The second kappa shape index (κ2) is 11.8. The largest absolute Gasteiger partial charge is 0.354 e. The van der Waals surface area contributed by atoms with Gasteiger partial charge in [0.25, 0.3) is 0 Å². The molecule has 0 atom stereocenters. The van der Waals surface area contributed by atoms with Crippen molar-refractivity contribution in [2.75, 3.05) is 29.6 Å². The van der Waals surface area contributed by atoms with E-state index in [4.69, 9.17) is 0 Å². The number of unbranched alkanes of at least 4 members (excludes halogenated alkanes) is 1. The van der Waals surface area contributed by atoms with Gasteiger partial charge in [0.05, 0.1) is 17.1 Å². The van der Waals surface area contributed by atoms with E-state index >= 15 is 0 Å². The summed E-state index contributed by atoms with van der Waals surface area (Å²) < 4.78 is 3.28. The molecule has 4 nitrogen and oxygen atoms in total. The minimum absolute atomic E-state index is 0.862. The summed E-state index contributed by atoms with van der Waals surface area (Å²) in [5.41, 5.74) is 3.31. The summed E-state index contributed by atoms with van der Waals surface area (Å²) in [6.45, 7) is 11.8. The molecule has 0 aromatic heterocycles. The van der Waals surface area contributed by atoms with E-state index in [9.17, 15) is 0 Å². The summed E-state index contributed by atoms with van der Waals surface area (Å²) in [7, 11) is 0. The molecule has 0 unspecified atom stereocenters. The zero-order valence-electron chi connectivity index (χ0n) is 15.3. The average molecular weight is 347 g/mol. The molecule has 1 aromatic carbocycles. The van der Waals surface area contributed by atoms with E-state index in [2.05, 4.69) is 52.5 Å². The van der Waals surface area contributed by atoms with E-state index in [0.29, 0.717) is 0 Å². The molecule has 132 valence electrons. The van der Waals surface area contributed by atoms with Gasteiger partial charge in [-0.1, -0.05) is 63.4 Å². The maximum Gasteiger partial charge on any atom is 0.152 e. The van der Waals surface area contributed by atoms with Crippen LogP contribution in [0.4, 0.5) is 11.4 Å². The molecular weight excluding hydrogens is 316 g/mol. The number of hydrogen-bond acceptors (Lipinski definition) is 5. The normalized spacial score (nSPS) is 13.2. The van der Waals surface area contributed by atoms with Crippen molar-refractivity contribution in [1.29, 1.82) is 0 Å². The van der Waals surface area contributed by atoms with E-state index in [1.165, 1.54) is 12.8 Å². The molecule has 0 saturated heterocycles. The molecule has 0 fully saturated rings. The fraction of sp³-hybridized carbons (Fsp3) is 0.421. The van der Waals surface area contributed by atoms with Crippen LogP contribution in [0.5, 0.6) is 0 Å². The number of hydrogen-bond donors (Lipinski definition) is 2.